The standard InChI is InChI=1S/C27H33NO4S/c1-3-4-8-21-12-14-22(15-13-21)20-27(33(2,31)32,25-11-7-18-28-25)17-16-23-9-5-6-10-24(23)19-26(29)30/h5-7,9-15,18,28H,3-4,8,16-17,19-20H2,1-2H3,(H,29,30). The van der Waals surface area contributed by atoms with Crippen molar-refractivity contribution in [1.82, 2.24) is 4.98 Å². The number of aromatic amines is 1. The number of hydrogen-bond donors (Lipinski definition) is 2. The number of aromatic nitrogens is 1. The highest BCUT2D eigenvalue weighted by Crippen LogP contribution is 2.38. The minimum absolute atomic E-state index is 0.0796. The summed E-state index contributed by atoms with van der Waals surface area (Å²) in [6, 6.07) is 19.3. The van der Waals surface area contributed by atoms with Gasteiger partial charge in [0.25, 0.3) is 0 Å². The van der Waals surface area contributed by atoms with Crippen LogP contribution in [0.25, 0.3) is 0 Å². The van der Waals surface area contributed by atoms with Crippen LogP contribution in [-0.4, -0.2) is 30.7 Å². The lowest BCUT2D eigenvalue weighted by Gasteiger charge is -2.32. The lowest BCUT2D eigenvalue weighted by molar-refractivity contribution is -0.136. The number of aryl methyl sites for hydroxylation is 2. The zero-order chi connectivity index (χ0) is 23.9. The van der Waals surface area contributed by atoms with Gasteiger partial charge in [-0.3, -0.25) is 4.79 Å². The maximum atomic E-state index is 13.3. The fourth-order valence-electron chi connectivity index (χ4n) is 4.46. The number of unbranched alkanes of at least 4 members (excludes halogenated alkanes) is 1. The van der Waals surface area contributed by atoms with Crippen molar-refractivity contribution in [1.29, 1.82) is 0 Å². The van der Waals surface area contributed by atoms with E-state index in [2.05, 4.69) is 24.0 Å². The number of sulfone groups is 1. The molecule has 1 aromatic heterocycles. The SMILES string of the molecule is CCCCc1ccc(CC(CCc2ccccc2CC(=O)O)(c2ccc[nH]2)S(C)(=O)=O)cc1. The Kier molecular flexibility index (Phi) is 8.14. The number of H-pyrrole nitrogens is 1. The molecular formula is C27H33NO4S. The van der Waals surface area contributed by atoms with Crippen LogP contribution in [-0.2, 0) is 45.1 Å². The molecular weight excluding hydrogens is 434 g/mol. The summed E-state index contributed by atoms with van der Waals surface area (Å²) in [5.74, 6) is -0.899. The van der Waals surface area contributed by atoms with Crippen LogP contribution >= 0.6 is 0 Å². The Morgan fingerprint density at radius 3 is 2.18 bits per heavy atom. The van der Waals surface area contributed by atoms with Crippen molar-refractivity contribution in [3.63, 3.8) is 0 Å². The molecule has 1 heterocycles. The highest BCUT2D eigenvalue weighted by Gasteiger charge is 2.43. The summed E-state index contributed by atoms with van der Waals surface area (Å²) in [6.45, 7) is 2.17. The molecule has 2 N–H and O–H groups in total. The highest BCUT2D eigenvalue weighted by molar-refractivity contribution is 7.91. The average molecular weight is 468 g/mol. The summed E-state index contributed by atoms with van der Waals surface area (Å²) in [5.41, 5.74) is 4.48. The topological polar surface area (TPSA) is 87.2 Å². The lowest BCUT2D eigenvalue weighted by atomic mass is 9.87. The Hall–Kier alpha value is -2.86. The van der Waals surface area contributed by atoms with Gasteiger partial charge in [0.1, 0.15) is 4.75 Å². The number of aliphatic carboxylic acids is 1. The van der Waals surface area contributed by atoms with Crippen LogP contribution in [0.3, 0.4) is 0 Å². The van der Waals surface area contributed by atoms with E-state index in [0.717, 1.165) is 36.0 Å². The smallest absolute Gasteiger partial charge is 0.307 e. The second-order valence-corrected chi connectivity index (χ2v) is 11.1. The van der Waals surface area contributed by atoms with Crippen LogP contribution in [0.4, 0.5) is 0 Å². The molecule has 0 saturated carbocycles. The van der Waals surface area contributed by atoms with Crippen LogP contribution in [0.15, 0.2) is 66.9 Å². The zero-order valence-electron chi connectivity index (χ0n) is 19.4. The number of rotatable bonds is 12. The van der Waals surface area contributed by atoms with Crippen molar-refractivity contribution in [2.24, 2.45) is 0 Å². The summed E-state index contributed by atoms with van der Waals surface area (Å²) in [6.07, 6.45) is 7.41. The van der Waals surface area contributed by atoms with E-state index >= 15 is 0 Å². The number of carbonyl (C=O) groups is 1. The second-order valence-electron chi connectivity index (χ2n) is 8.79. The Labute approximate surface area is 196 Å². The quantitative estimate of drug-likeness (QED) is 0.388. The first-order valence-electron chi connectivity index (χ1n) is 11.4. The number of carboxylic acid groups (broad SMARTS) is 1. The summed E-state index contributed by atoms with van der Waals surface area (Å²) < 4.78 is 25.5. The molecule has 0 amide bonds. The van der Waals surface area contributed by atoms with Crippen molar-refractivity contribution in [3.05, 3.63) is 94.8 Å². The third-order valence-electron chi connectivity index (χ3n) is 6.39. The molecule has 176 valence electrons. The van der Waals surface area contributed by atoms with E-state index in [4.69, 9.17) is 0 Å². The number of hydrogen-bond acceptors (Lipinski definition) is 3. The van der Waals surface area contributed by atoms with Crippen molar-refractivity contribution >= 4 is 15.8 Å². The molecule has 2 aromatic carbocycles. The van der Waals surface area contributed by atoms with Gasteiger partial charge in [-0.05, 0) is 66.5 Å². The molecule has 5 nitrogen and oxygen atoms in total. The first-order valence-corrected chi connectivity index (χ1v) is 13.3. The minimum Gasteiger partial charge on any atom is -0.481 e. The molecule has 3 aromatic rings. The normalized spacial score (nSPS) is 13.5. The first kappa shape index (κ1) is 24.8. The summed E-state index contributed by atoms with van der Waals surface area (Å²) >= 11 is 0. The van der Waals surface area contributed by atoms with Gasteiger partial charge < -0.3 is 10.1 Å². The second kappa shape index (κ2) is 10.8. The van der Waals surface area contributed by atoms with E-state index in [0.29, 0.717) is 25.0 Å². The number of nitrogens with one attached hydrogen (secondary N) is 1. The number of carboxylic acids is 1. The van der Waals surface area contributed by atoms with E-state index < -0.39 is 20.6 Å². The summed E-state index contributed by atoms with van der Waals surface area (Å²) in [7, 11) is -3.53. The van der Waals surface area contributed by atoms with Crippen molar-refractivity contribution < 1.29 is 18.3 Å². The minimum atomic E-state index is -3.53. The monoisotopic (exact) mass is 467 g/mol. The largest absolute Gasteiger partial charge is 0.481 e. The molecule has 0 spiro atoms. The van der Waals surface area contributed by atoms with E-state index in [1.165, 1.54) is 11.8 Å². The van der Waals surface area contributed by atoms with Crippen LogP contribution in [0.1, 0.15) is 54.1 Å². The molecule has 0 aliphatic carbocycles. The zero-order valence-corrected chi connectivity index (χ0v) is 20.2. The first-order chi connectivity index (χ1) is 15.7. The van der Waals surface area contributed by atoms with Gasteiger partial charge in [0, 0.05) is 18.1 Å². The van der Waals surface area contributed by atoms with Crippen LogP contribution in [0.2, 0.25) is 0 Å². The highest BCUT2D eigenvalue weighted by atomic mass is 32.2. The van der Waals surface area contributed by atoms with E-state index in [-0.39, 0.29) is 6.42 Å². The van der Waals surface area contributed by atoms with Gasteiger partial charge in [0.05, 0.1) is 6.42 Å². The predicted molar refractivity (Wildman–Crippen MR) is 132 cm³/mol. The number of benzene rings is 2. The Bertz CT molecular complexity index is 1150. The van der Waals surface area contributed by atoms with E-state index in [1.807, 2.05) is 42.5 Å². The molecule has 0 bridgehead atoms. The third kappa shape index (κ3) is 6.14. The maximum absolute atomic E-state index is 13.3. The van der Waals surface area contributed by atoms with Crippen LogP contribution in [0.5, 0.6) is 0 Å². The fourth-order valence-corrected chi connectivity index (χ4v) is 5.88. The molecule has 1 atom stereocenters. The molecule has 0 radical (unpaired) electrons. The van der Waals surface area contributed by atoms with Gasteiger partial charge in [0.15, 0.2) is 9.84 Å². The van der Waals surface area contributed by atoms with Gasteiger partial charge in [-0.2, -0.15) is 0 Å². The maximum Gasteiger partial charge on any atom is 0.307 e. The molecule has 0 fully saturated rings. The van der Waals surface area contributed by atoms with Gasteiger partial charge in [0.2, 0.25) is 0 Å². The van der Waals surface area contributed by atoms with Gasteiger partial charge >= 0.3 is 5.97 Å². The van der Waals surface area contributed by atoms with Crippen LogP contribution < -0.4 is 0 Å². The Balaban J connectivity index is 1.96. The third-order valence-corrected chi connectivity index (χ3v) is 8.38. The Morgan fingerprint density at radius 1 is 0.939 bits per heavy atom. The molecule has 0 aliphatic rings. The van der Waals surface area contributed by atoms with Gasteiger partial charge in [-0.1, -0.05) is 61.9 Å². The molecule has 3 rings (SSSR count). The summed E-state index contributed by atoms with van der Waals surface area (Å²) in [5, 5.41) is 9.27. The van der Waals surface area contributed by atoms with Gasteiger partial charge in [-0.15, -0.1) is 0 Å². The molecule has 33 heavy (non-hydrogen) atoms. The molecule has 1 unspecified atom stereocenters. The fraction of sp³-hybridized carbons (Fsp3) is 0.370. The van der Waals surface area contributed by atoms with Crippen molar-refractivity contribution in [2.75, 3.05) is 6.26 Å². The molecule has 6 heteroatoms. The van der Waals surface area contributed by atoms with Crippen molar-refractivity contribution in [2.45, 2.75) is 56.6 Å². The lowest BCUT2D eigenvalue weighted by Crippen LogP contribution is -2.38. The van der Waals surface area contributed by atoms with Crippen molar-refractivity contribution in [3.8, 4) is 0 Å². The van der Waals surface area contributed by atoms with Crippen LogP contribution in [0, 0.1) is 0 Å². The average Bonchev–Trinajstić information content (AvgIpc) is 3.31. The van der Waals surface area contributed by atoms with Gasteiger partial charge in [-0.25, -0.2) is 8.42 Å². The predicted octanol–water partition coefficient (Wildman–Crippen LogP) is 5.10. The van der Waals surface area contributed by atoms with E-state index in [9.17, 15) is 18.3 Å². The Morgan fingerprint density at radius 2 is 1.61 bits per heavy atom. The summed E-state index contributed by atoms with van der Waals surface area (Å²) in [4.78, 5) is 14.5. The molecule has 0 aliphatic heterocycles. The molecule has 0 saturated heterocycles. The van der Waals surface area contributed by atoms with E-state index in [1.54, 1.807) is 12.3 Å².